The lowest BCUT2D eigenvalue weighted by atomic mass is 10.0. The SMILES string of the molecule is CCN1C(=O)c2c(O)c(=O)c(C(=O)CCc3cccc(Cl)c3F)cn2C[C@]12C[C@H]2COC. The fraction of sp³-hybridized carbons (Fsp3) is 0.435. The Kier molecular flexibility index (Phi) is 5.85. The van der Waals surface area contributed by atoms with Crippen LogP contribution in [0.15, 0.2) is 29.2 Å². The third kappa shape index (κ3) is 3.51. The average molecular weight is 463 g/mol. The van der Waals surface area contributed by atoms with Crippen LogP contribution >= 0.6 is 11.6 Å². The Bertz CT molecular complexity index is 1160. The fourth-order valence-corrected chi connectivity index (χ4v) is 4.99. The Morgan fingerprint density at radius 1 is 1.38 bits per heavy atom. The molecule has 1 N–H and O–H groups in total. The number of aryl methyl sites for hydroxylation is 1. The van der Waals surface area contributed by atoms with Crippen LogP contribution < -0.4 is 5.43 Å². The van der Waals surface area contributed by atoms with Gasteiger partial charge in [-0.3, -0.25) is 14.4 Å². The van der Waals surface area contributed by atoms with Crippen LogP contribution in [0.4, 0.5) is 4.39 Å². The summed E-state index contributed by atoms with van der Waals surface area (Å²) in [5.41, 5.74) is -1.41. The van der Waals surface area contributed by atoms with E-state index in [0.717, 1.165) is 6.42 Å². The van der Waals surface area contributed by atoms with Gasteiger partial charge in [-0.1, -0.05) is 23.7 Å². The third-order valence-electron chi connectivity index (χ3n) is 6.52. The summed E-state index contributed by atoms with van der Waals surface area (Å²) in [6, 6.07) is 4.52. The Hall–Kier alpha value is -2.71. The van der Waals surface area contributed by atoms with E-state index in [2.05, 4.69) is 0 Å². The number of hydrogen-bond acceptors (Lipinski definition) is 5. The number of carbonyl (C=O) groups excluding carboxylic acids is 2. The summed E-state index contributed by atoms with van der Waals surface area (Å²) < 4.78 is 20.9. The summed E-state index contributed by atoms with van der Waals surface area (Å²) in [6.07, 6.45) is 2.00. The second-order valence-corrected chi connectivity index (χ2v) is 8.75. The maximum atomic E-state index is 14.1. The number of halogens is 2. The summed E-state index contributed by atoms with van der Waals surface area (Å²) in [7, 11) is 1.60. The fourth-order valence-electron chi connectivity index (χ4n) is 4.80. The van der Waals surface area contributed by atoms with Crippen molar-refractivity contribution in [3.63, 3.8) is 0 Å². The Labute approximate surface area is 189 Å². The van der Waals surface area contributed by atoms with Crippen molar-refractivity contribution >= 4 is 23.3 Å². The zero-order valence-corrected chi connectivity index (χ0v) is 18.6. The smallest absolute Gasteiger partial charge is 0.275 e. The normalized spacial score (nSPS) is 21.7. The van der Waals surface area contributed by atoms with Crippen LogP contribution in [0.5, 0.6) is 5.75 Å². The molecule has 0 unspecified atom stereocenters. The molecule has 2 heterocycles. The van der Waals surface area contributed by atoms with Gasteiger partial charge in [0.05, 0.1) is 22.7 Å². The maximum Gasteiger partial charge on any atom is 0.275 e. The van der Waals surface area contributed by atoms with Gasteiger partial charge in [0.15, 0.2) is 17.2 Å². The number of rotatable bonds is 7. The van der Waals surface area contributed by atoms with Crippen LogP contribution in [0.2, 0.25) is 5.02 Å². The third-order valence-corrected chi connectivity index (χ3v) is 6.81. The largest absolute Gasteiger partial charge is 0.503 e. The molecule has 0 radical (unpaired) electrons. The second kappa shape index (κ2) is 8.33. The highest BCUT2D eigenvalue weighted by molar-refractivity contribution is 6.30. The molecule has 1 aliphatic heterocycles. The molecule has 0 bridgehead atoms. The number of ether oxygens (including phenoxy) is 1. The van der Waals surface area contributed by atoms with Gasteiger partial charge in [-0.2, -0.15) is 0 Å². The Morgan fingerprint density at radius 3 is 2.81 bits per heavy atom. The number of methoxy groups -OCH3 is 1. The molecule has 1 aliphatic carbocycles. The van der Waals surface area contributed by atoms with Crippen molar-refractivity contribution in [3.05, 3.63) is 62.3 Å². The first-order valence-corrected chi connectivity index (χ1v) is 10.9. The first-order valence-electron chi connectivity index (χ1n) is 10.5. The number of aromatic hydroxyl groups is 1. The zero-order chi connectivity index (χ0) is 23.2. The number of nitrogens with zero attached hydrogens (tertiary/aromatic N) is 2. The van der Waals surface area contributed by atoms with Crippen molar-refractivity contribution in [1.82, 2.24) is 9.47 Å². The highest BCUT2D eigenvalue weighted by Gasteiger charge is 2.61. The number of aromatic nitrogens is 1. The summed E-state index contributed by atoms with van der Waals surface area (Å²) >= 11 is 5.78. The molecule has 1 fully saturated rings. The van der Waals surface area contributed by atoms with Gasteiger partial charge in [0.25, 0.3) is 5.91 Å². The lowest BCUT2D eigenvalue weighted by Crippen LogP contribution is -2.52. The minimum Gasteiger partial charge on any atom is -0.503 e. The molecular formula is C23H24ClFN2O5. The number of benzene rings is 1. The van der Waals surface area contributed by atoms with Crippen LogP contribution in [0.25, 0.3) is 0 Å². The standard InChI is InChI=1S/C23H24ClFN2O5/c1-3-27-22(31)19-21(30)20(29)15(10-26(19)12-23(27)9-14(23)11-32-2)17(28)8-7-13-5-4-6-16(24)18(13)25/h4-6,10,14,30H,3,7-9,11-12H2,1-2H3/t14-,23-/m0/s1. The van der Waals surface area contributed by atoms with E-state index < -0.39 is 34.2 Å². The minimum atomic E-state index is -0.891. The summed E-state index contributed by atoms with van der Waals surface area (Å²) in [4.78, 5) is 40.3. The predicted molar refractivity (Wildman–Crippen MR) is 116 cm³/mol. The summed E-state index contributed by atoms with van der Waals surface area (Å²) in [5, 5.41) is 10.5. The highest BCUT2D eigenvalue weighted by Crippen LogP contribution is 2.52. The van der Waals surface area contributed by atoms with Crippen LogP contribution in [-0.4, -0.2) is 52.1 Å². The quantitative estimate of drug-likeness (QED) is 0.639. The summed E-state index contributed by atoms with van der Waals surface area (Å²) in [6.45, 7) is 3.12. The molecule has 1 aromatic heterocycles. The molecule has 2 atom stereocenters. The monoisotopic (exact) mass is 462 g/mol. The molecule has 1 amide bonds. The van der Waals surface area contributed by atoms with Crippen molar-refractivity contribution in [2.75, 3.05) is 20.3 Å². The van der Waals surface area contributed by atoms with Crippen molar-refractivity contribution in [2.45, 2.75) is 38.3 Å². The molecule has 7 nitrogen and oxygen atoms in total. The van der Waals surface area contributed by atoms with Gasteiger partial charge in [-0.25, -0.2) is 4.39 Å². The molecule has 0 saturated heterocycles. The van der Waals surface area contributed by atoms with E-state index in [0.29, 0.717) is 19.7 Å². The van der Waals surface area contributed by atoms with Crippen molar-refractivity contribution in [2.24, 2.45) is 5.92 Å². The molecule has 1 spiro atoms. The average Bonchev–Trinajstić information content (AvgIpc) is 3.43. The molecule has 1 saturated carbocycles. The number of carbonyl (C=O) groups is 2. The number of fused-ring (bicyclic) bond motifs is 1. The molecule has 170 valence electrons. The molecular weight excluding hydrogens is 439 g/mol. The topological polar surface area (TPSA) is 88.8 Å². The van der Waals surface area contributed by atoms with Crippen LogP contribution in [0.3, 0.4) is 0 Å². The lowest BCUT2D eigenvalue weighted by Gasteiger charge is -2.39. The zero-order valence-electron chi connectivity index (χ0n) is 17.9. The van der Waals surface area contributed by atoms with E-state index in [4.69, 9.17) is 16.3 Å². The van der Waals surface area contributed by atoms with E-state index >= 15 is 0 Å². The highest BCUT2D eigenvalue weighted by atomic mass is 35.5. The molecule has 1 aromatic carbocycles. The van der Waals surface area contributed by atoms with Gasteiger partial charge in [0.2, 0.25) is 5.43 Å². The van der Waals surface area contributed by atoms with Gasteiger partial charge in [-0.05, 0) is 31.4 Å². The maximum absolute atomic E-state index is 14.1. The number of amides is 1. The Morgan fingerprint density at radius 2 is 2.12 bits per heavy atom. The second-order valence-electron chi connectivity index (χ2n) is 8.34. The van der Waals surface area contributed by atoms with Crippen LogP contribution in [0.1, 0.15) is 46.2 Å². The van der Waals surface area contributed by atoms with Crippen LogP contribution in [-0.2, 0) is 17.7 Å². The molecule has 2 aromatic rings. The van der Waals surface area contributed by atoms with E-state index in [1.165, 1.54) is 22.9 Å². The van der Waals surface area contributed by atoms with Gasteiger partial charge in [-0.15, -0.1) is 0 Å². The first kappa shape index (κ1) is 22.5. The summed E-state index contributed by atoms with van der Waals surface area (Å²) in [5.74, 6) is -2.17. The number of likely N-dealkylation sites (N-methyl/N-ethyl adjacent to an activating group) is 1. The number of ketones is 1. The van der Waals surface area contributed by atoms with Crippen molar-refractivity contribution in [3.8, 4) is 5.75 Å². The van der Waals surface area contributed by atoms with Crippen molar-refractivity contribution in [1.29, 1.82) is 0 Å². The molecule has 4 rings (SSSR count). The van der Waals surface area contributed by atoms with E-state index in [1.807, 2.05) is 6.92 Å². The number of hydrogen-bond donors (Lipinski definition) is 1. The predicted octanol–water partition coefficient (Wildman–Crippen LogP) is 3.04. The van der Waals surface area contributed by atoms with E-state index in [-0.39, 0.29) is 40.6 Å². The van der Waals surface area contributed by atoms with Gasteiger partial charge in [0, 0.05) is 38.7 Å². The van der Waals surface area contributed by atoms with Gasteiger partial charge >= 0.3 is 0 Å². The number of pyridine rings is 1. The lowest BCUT2D eigenvalue weighted by molar-refractivity contribution is 0.0491. The Balaban J connectivity index is 1.65. The molecule has 2 aliphatic rings. The number of Topliss-reactive ketones (excluding diaryl/α,β-unsaturated/α-hetero) is 1. The first-order chi connectivity index (χ1) is 15.2. The minimum absolute atomic E-state index is 0.0409. The van der Waals surface area contributed by atoms with Crippen molar-refractivity contribution < 1.29 is 23.8 Å². The van der Waals surface area contributed by atoms with E-state index in [9.17, 15) is 23.9 Å². The molecule has 32 heavy (non-hydrogen) atoms. The van der Waals surface area contributed by atoms with Gasteiger partial charge in [0.1, 0.15) is 5.82 Å². The van der Waals surface area contributed by atoms with Crippen LogP contribution in [0, 0.1) is 11.7 Å². The van der Waals surface area contributed by atoms with Gasteiger partial charge < -0.3 is 19.3 Å². The molecule has 9 heteroatoms. The van der Waals surface area contributed by atoms with E-state index in [1.54, 1.807) is 18.1 Å².